The fourth-order valence-electron chi connectivity index (χ4n) is 2.82. The average molecular weight is 356 g/mol. The van der Waals surface area contributed by atoms with Crippen molar-refractivity contribution in [2.45, 2.75) is 19.9 Å². The number of nitrogens with one attached hydrogen (secondary N) is 1. The predicted octanol–water partition coefficient (Wildman–Crippen LogP) is 3.39. The van der Waals surface area contributed by atoms with Crippen molar-refractivity contribution < 1.29 is 4.79 Å². The summed E-state index contributed by atoms with van der Waals surface area (Å²) in [4.78, 5) is 29.6. The molecule has 1 N–H and O–H groups in total. The second-order valence-electron chi connectivity index (χ2n) is 6.01. The van der Waals surface area contributed by atoms with Gasteiger partial charge in [0.2, 0.25) is 0 Å². The van der Waals surface area contributed by atoms with Crippen LogP contribution in [-0.2, 0) is 7.05 Å². The predicted molar refractivity (Wildman–Crippen MR) is 99.1 cm³/mol. The summed E-state index contributed by atoms with van der Waals surface area (Å²) >= 11 is 6.01. The Bertz CT molecular complexity index is 1030. The fourth-order valence-corrected chi connectivity index (χ4v) is 2.98. The van der Waals surface area contributed by atoms with Gasteiger partial charge in [-0.2, -0.15) is 0 Å². The first-order chi connectivity index (χ1) is 11.9. The molecule has 5 nitrogen and oxygen atoms in total. The molecule has 1 atom stereocenters. The summed E-state index contributed by atoms with van der Waals surface area (Å²) in [7, 11) is 1.65. The SMILES string of the molecule is Cc1ccccc1C(=O)N[C@H](C)c1nc2cc(Cl)ccc2c(=O)n1C. The highest BCUT2D eigenvalue weighted by Gasteiger charge is 2.18. The van der Waals surface area contributed by atoms with Gasteiger partial charge in [0.1, 0.15) is 5.82 Å². The van der Waals surface area contributed by atoms with Gasteiger partial charge in [0.15, 0.2) is 0 Å². The zero-order chi connectivity index (χ0) is 18.1. The number of hydrogen-bond acceptors (Lipinski definition) is 3. The average Bonchev–Trinajstić information content (AvgIpc) is 2.58. The summed E-state index contributed by atoms with van der Waals surface area (Å²) in [6, 6.07) is 11.9. The number of amides is 1. The second-order valence-corrected chi connectivity index (χ2v) is 6.44. The Morgan fingerprint density at radius 3 is 2.68 bits per heavy atom. The van der Waals surface area contributed by atoms with Gasteiger partial charge in [-0.25, -0.2) is 4.98 Å². The smallest absolute Gasteiger partial charge is 0.261 e. The van der Waals surface area contributed by atoms with E-state index in [1.54, 1.807) is 38.2 Å². The molecule has 0 fully saturated rings. The fraction of sp³-hybridized carbons (Fsp3) is 0.211. The summed E-state index contributed by atoms with van der Waals surface area (Å²) in [5, 5.41) is 3.91. The van der Waals surface area contributed by atoms with Gasteiger partial charge in [-0.05, 0) is 43.7 Å². The van der Waals surface area contributed by atoms with Crippen LogP contribution in [0, 0.1) is 6.92 Å². The molecular formula is C19H18ClN3O2. The monoisotopic (exact) mass is 355 g/mol. The minimum atomic E-state index is -0.437. The lowest BCUT2D eigenvalue weighted by Gasteiger charge is -2.18. The van der Waals surface area contributed by atoms with Crippen LogP contribution < -0.4 is 10.9 Å². The third-order valence-corrected chi connectivity index (χ3v) is 4.43. The Labute approximate surface area is 150 Å². The van der Waals surface area contributed by atoms with Gasteiger partial charge < -0.3 is 5.32 Å². The second kappa shape index (κ2) is 6.69. The first-order valence-corrected chi connectivity index (χ1v) is 8.29. The largest absolute Gasteiger partial charge is 0.342 e. The van der Waals surface area contributed by atoms with E-state index < -0.39 is 6.04 Å². The van der Waals surface area contributed by atoms with E-state index in [4.69, 9.17) is 11.6 Å². The van der Waals surface area contributed by atoms with Crippen molar-refractivity contribution in [3.05, 3.63) is 74.8 Å². The van der Waals surface area contributed by atoms with E-state index in [0.29, 0.717) is 27.3 Å². The summed E-state index contributed by atoms with van der Waals surface area (Å²) in [5.74, 6) is 0.271. The standard InChI is InChI=1S/C19H18ClN3O2/c1-11-6-4-5-7-14(11)18(24)21-12(2)17-22-16-10-13(20)8-9-15(16)19(25)23(17)3/h4-10,12H,1-3H3,(H,21,24)/t12-/m1/s1. The molecule has 128 valence electrons. The minimum absolute atomic E-state index is 0.173. The van der Waals surface area contributed by atoms with E-state index in [1.807, 2.05) is 25.1 Å². The van der Waals surface area contributed by atoms with Gasteiger partial charge in [0.05, 0.1) is 16.9 Å². The number of rotatable bonds is 3. The Morgan fingerprint density at radius 1 is 1.24 bits per heavy atom. The first kappa shape index (κ1) is 17.2. The van der Waals surface area contributed by atoms with Crippen LogP contribution >= 0.6 is 11.6 Å². The minimum Gasteiger partial charge on any atom is -0.342 e. The highest BCUT2D eigenvalue weighted by Crippen LogP contribution is 2.18. The molecule has 0 radical (unpaired) electrons. The molecule has 0 spiro atoms. The van der Waals surface area contributed by atoms with Gasteiger partial charge in [0, 0.05) is 17.6 Å². The molecule has 0 unspecified atom stereocenters. The molecule has 0 saturated heterocycles. The summed E-state index contributed by atoms with van der Waals surface area (Å²) in [5.41, 5.74) is 1.83. The summed E-state index contributed by atoms with van der Waals surface area (Å²) in [6.07, 6.45) is 0. The van der Waals surface area contributed by atoms with E-state index in [0.717, 1.165) is 5.56 Å². The normalized spacial score (nSPS) is 12.2. The number of aromatic nitrogens is 2. The van der Waals surface area contributed by atoms with Gasteiger partial charge in [0.25, 0.3) is 11.5 Å². The molecule has 0 aliphatic rings. The number of benzene rings is 2. The van der Waals surface area contributed by atoms with Crippen molar-refractivity contribution in [2.75, 3.05) is 0 Å². The van der Waals surface area contributed by atoms with Crippen molar-refractivity contribution in [1.82, 2.24) is 14.9 Å². The summed E-state index contributed by atoms with van der Waals surface area (Å²) in [6.45, 7) is 3.68. The first-order valence-electron chi connectivity index (χ1n) is 7.91. The number of aryl methyl sites for hydroxylation is 1. The van der Waals surface area contributed by atoms with E-state index in [-0.39, 0.29) is 11.5 Å². The molecule has 3 aromatic rings. The van der Waals surface area contributed by atoms with E-state index >= 15 is 0 Å². The molecule has 25 heavy (non-hydrogen) atoms. The van der Waals surface area contributed by atoms with Crippen LogP contribution in [0.3, 0.4) is 0 Å². The van der Waals surface area contributed by atoms with Crippen LogP contribution in [0.25, 0.3) is 10.9 Å². The van der Waals surface area contributed by atoms with Crippen LogP contribution in [0.15, 0.2) is 47.3 Å². The van der Waals surface area contributed by atoms with Crippen molar-refractivity contribution in [3.8, 4) is 0 Å². The lowest BCUT2D eigenvalue weighted by Crippen LogP contribution is -2.33. The molecule has 3 rings (SSSR count). The molecule has 1 aromatic heterocycles. The molecule has 1 amide bonds. The highest BCUT2D eigenvalue weighted by atomic mass is 35.5. The number of carbonyl (C=O) groups is 1. The van der Waals surface area contributed by atoms with Crippen LogP contribution in [0.4, 0.5) is 0 Å². The lowest BCUT2D eigenvalue weighted by molar-refractivity contribution is 0.0937. The molecule has 0 saturated carbocycles. The molecule has 0 aliphatic carbocycles. The molecule has 6 heteroatoms. The van der Waals surface area contributed by atoms with Crippen LogP contribution in [-0.4, -0.2) is 15.5 Å². The van der Waals surface area contributed by atoms with Crippen molar-refractivity contribution in [2.24, 2.45) is 7.05 Å². The van der Waals surface area contributed by atoms with E-state index in [9.17, 15) is 9.59 Å². The maximum atomic E-state index is 12.5. The van der Waals surface area contributed by atoms with E-state index in [1.165, 1.54) is 4.57 Å². The van der Waals surface area contributed by atoms with Gasteiger partial charge in [-0.15, -0.1) is 0 Å². The maximum absolute atomic E-state index is 12.5. The highest BCUT2D eigenvalue weighted by molar-refractivity contribution is 6.31. The number of carbonyl (C=O) groups excluding carboxylic acids is 1. The zero-order valence-electron chi connectivity index (χ0n) is 14.2. The number of nitrogens with zero attached hydrogens (tertiary/aromatic N) is 2. The zero-order valence-corrected chi connectivity index (χ0v) is 15.0. The maximum Gasteiger partial charge on any atom is 0.261 e. The van der Waals surface area contributed by atoms with Crippen molar-refractivity contribution in [3.63, 3.8) is 0 Å². The molecule has 2 aromatic carbocycles. The third-order valence-electron chi connectivity index (χ3n) is 4.20. The van der Waals surface area contributed by atoms with Gasteiger partial charge in [-0.3, -0.25) is 14.2 Å². The van der Waals surface area contributed by atoms with Crippen LogP contribution in [0.1, 0.15) is 34.7 Å². The van der Waals surface area contributed by atoms with Crippen LogP contribution in [0.5, 0.6) is 0 Å². The quantitative estimate of drug-likeness (QED) is 0.783. The molecule has 0 bridgehead atoms. The van der Waals surface area contributed by atoms with Gasteiger partial charge >= 0.3 is 0 Å². The number of hydrogen-bond donors (Lipinski definition) is 1. The van der Waals surface area contributed by atoms with Crippen molar-refractivity contribution >= 4 is 28.4 Å². The third kappa shape index (κ3) is 3.28. The van der Waals surface area contributed by atoms with Crippen LogP contribution in [0.2, 0.25) is 5.02 Å². The van der Waals surface area contributed by atoms with Crippen molar-refractivity contribution in [1.29, 1.82) is 0 Å². The van der Waals surface area contributed by atoms with Gasteiger partial charge in [-0.1, -0.05) is 29.8 Å². The topological polar surface area (TPSA) is 64.0 Å². The number of halogens is 1. The Hall–Kier alpha value is -2.66. The molecular weight excluding hydrogens is 338 g/mol. The Balaban J connectivity index is 1.98. The summed E-state index contributed by atoms with van der Waals surface area (Å²) < 4.78 is 1.46. The van der Waals surface area contributed by atoms with E-state index in [2.05, 4.69) is 10.3 Å². The number of fused-ring (bicyclic) bond motifs is 1. The lowest BCUT2D eigenvalue weighted by atomic mass is 10.1. The Morgan fingerprint density at radius 2 is 1.96 bits per heavy atom. The molecule has 0 aliphatic heterocycles. The molecule has 1 heterocycles. The Kier molecular flexibility index (Phi) is 4.59.